The number of aromatic nitrogens is 2. The maximum atomic E-state index is 14.0. The second kappa shape index (κ2) is 15.2. The van der Waals surface area contributed by atoms with Gasteiger partial charge in [0.2, 0.25) is 5.75 Å². The number of pyridine rings is 2. The van der Waals surface area contributed by atoms with Crippen LogP contribution in [0.25, 0.3) is 22.5 Å². The van der Waals surface area contributed by atoms with Crippen molar-refractivity contribution in [3.8, 4) is 45.5 Å². The lowest BCUT2D eigenvalue weighted by Crippen LogP contribution is -2.44. The Morgan fingerprint density at radius 3 is 1.98 bits per heavy atom. The maximum absolute atomic E-state index is 14.0. The van der Waals surface area contributed by atoms with E-state index in [1.165, 1.54) is 17.7 Å². The van der Waals surface area contributed by atoms with Crippen LogP contribution in [0.5, 0.6) is 23.0 Å². The normalized spacial score (nSPS) is 13.6. The number of piperidine rings is 1. The molecular weight excluding hydrogens is 607 g/mol. The van der Waals surface area contributed by atoms with Crippen molar-refractivity contribution in [3.63, 3.8) is 0 Å². The highest BCUT2D eigenvalue weighted by atomic mass is 19.1. The van der Waals surface area contributed by atoms with Crippen molar-refractivity contribution in [3.05, 3.63) is 114 Å². The standard InChI is InChI=1S/C39H41FN4O4/c1-45-34-10-8-32(9-11-34)44(26-28-13-17-41-35(21-28)29-6-5-7-31(40)22-29)33-14-18-43(19-15-33)25-27-12-16-42-36(20-27)30-23-37(46-2)39(48-4)38(24-30)47-3/h5-13,16-17,20-24,33H,14-15,18-19,25-26H2,1-4H3. The number of nitrogens with zero attached hydrogens (tertiary/aromatic N) is 4. The van der Waals surface area contributed by atoms with E-state index in [1.807, 2.05) is 48.8 Å². The van der Waals surface area contributed by atoms with E-state index >= 15 is 0 Å². The van der Waals surface area contributed by atoms with Crippen molar-refractivity contribution < 1.29 is 23.3 Å². The van der Waals surface area contributed by atoms with Gasteiger partial charge in [-0.25, -0.2) is 4.39 Å². The molecule has 0 radical (unpaired) electrons. The summed E-state index contributed by atoms with van der Waals surface area (Å²) in [6.07, 6.45) is 5.70. The van der Waals surface area contributed by atoms with Gasteiger partial charge in [0, 0.05) is 61.4 Å². The lowest BCUT2D eigenvalue weighted by atomic mass is 10.00. The highest BCUT2D eigenvalue weighted by Gasteiger charge is 2.26. The third kappa shape index (κ3) is 7.52. The first kappa shape index (κ1) is 32.8. The Morgan fingerprint density at radius 2 is 1.35 bits per heavy atom. The maximum Gasteiger partial charge on any atom is 0.203 e. The van der Waals surface area contributed by atoms with E-state index in [1.54, 1.807) is 34.5 Å². The second-order valence-electron chi connectivity index (χ2n) is 11.9. The first-order valence-corrected chi connectivity index (χ1v) is 16.1. The Morgan fingerprint density at radius 1 is 0.708 bits per heavy atom. The lowest BCUT2D eigenvalue weighted by Gasteiger charge is -2.40. The fraction of sp³-hybridized carbons (Fsp3) is 0.282. The van der Waals surface area contributed by atoms with Crippen molar-refractivity contribution in [2.24, 2.45) is 0 Å². The summed E-state index contributed by atoms with van der Waals surface area (Å²) < 4.78 is 36.0. The minimum Gasteiger partial charge on any atom is -0.497 e. The Kier molecular flexibility index (Phi) is 10.4. The van der Waals surface area contributed by atoms with E-state index in [2.05, 4.69) is 50.1 Å². The SMILES string of the molecule is COc1ccc(N(Cc2ccnc(-c3cccc(F)c3)c2)C2CCN(Cc3ccnc(-c4cc(OC)c(OC)c(OC)c4)c3)CC2)cc1. The van der Waals surface area contributed by atoms with Gasteiger partial charge < -0.3 is 23.8 Å². The van der Waals surface area contributed by atoms with E-state index in [9.17, 15) is 4.39 Å². The van der Waals surface area contributed by atoms with Gasteiger partial charge >= 0.3 is 0 Å². The minimum absolute atomic E-state index is 0.268. The summed E-state index contributed by atoms with van der Waals surface area (Å²) in [5.41, 5.74) is 6.74. The first-order valence-electron chi connectivity index (χ1n) is 16.1. The van der Waals surface area contributed by atoms with Gasteiger partial charge in [0.15, 0.2) is 11.5 Å². The molecule has 48 heavy (non-hydrogen) atoms. The summed E-state index contributed by atoms with van der Waals surface area (Å²) in [5.74, 6) is 2.31. The van der Waals surface area contributed by atoms with E-state index in [0.717, 1.165) is 72.0 Å². The van der Waals surface area contributed by atoms with Gasteiger partial charge in [0.05, 0.1) is 39.8 Å². The molecule has 0 aliphatic carbocycles. The van der Waals surface area contributed by atoms with Crippen molar-refractivity contribution in [1.29, 1.82) is 0 Å². The van der Waals surface area contributed by atoms with Crippen LogP contribution >= 0.6 is 0 Å². The molecule has 0 unspecified atom stereocenters. The molecule has 3 heterocycles. The van der Waals surface area contributed by atoms with Gasteiger partial charge in [0.25, 0.3) is 0 Å². The quantitative estimate of drug-likeness (QED) is 0.137. The van der Waals surface area contributed by atoms with Crippen LogP contribution in [0, 0.1) is 5.82 Å². The Hall–Kier alpha value is -5.15. The number of halogens is 1. The third-order valence-corrected chi connectivity index (χ3v) is 8.89. The number of hydrogen-bond donors (Lipinski definition) is 0. The molecule has 8 nitrogen and oxygen atoms in total. The predicted octanol–water partition coefficient (Wildman–Crippen LogP) is 7.66. The molecule has 1 aliphatic rings. The van der Waals surface area contributed by atoms with Gasteiger partial charge in [-0.05, 0) is 96.8 Å². The van der Waals surface area contributed by atoms with Crippen LogP contribution in [0.2, 0.25) is 0 Å². The zero-order valence-electron chi connectivity index (χ0n) is 27.9. The highest BCUT2D eigenvalue weighted by Crippen LogP contribution is 2.41. The van der Waals surface area contributed by atoms with Crippen molar-refractivity contribution in [2.75, 3.05) is 46.4 Å². The smallest absolute Gasteiger partial charge is 0.203 e. The summed E-state index contributed by atoms with van der Waals surface area (Å²) in [6.45, 7) is 3.47. The molecule has 0 amide bonds. The molecule has 1 fully saturated rings. The molecule has 248 valence electrons. The number of likely N-dealkylation sites (tertiary alicyclic amines) is 1. The first-order chi connectivity index (χ1) is 23.5. The monoisotopic (exact) mass is 648 g/mol. The number of methoxy groups -OCH3 is 4. The highest BCUT2D eigenvalue weighted by molar-refractivity contribution is 5.69. The van der Waals surface area contributed by atoms with Gasteiger partial charge in [0.1, 0.15) is 11.6 Å². The van der Waals surface area contributed by atoms with Crippen LogP contribution in [-0.2, 0) is 13.1 Å². The number of hydrogen-bond acceptors (Lipinski definition) is 8. The summed E-state index contributed by atoms with van der Waals surface area (Å²) in [5, 5.41) is 0. The molecule has 2 aromatic heterocycles. The molecule has 6 rings (SSSR count). The number of ether oxygens (including phenoxy) is 4. The molecule has 1 saturated heterocycles. The fourth-order valence-corrected chi connectivity index (χ4v) is 6.39. The van der Waals surface area contributed by atoms with E-state index in [0.29, 0.717) is 29.8 Å². The molecule has 0 saturated carbocycles. The van der Waals surface area contributed by atoms with Gasteiger partial charge in [-0.3, -0.25) is 14.9 Å². The molecule has 0 spiro atoms. The summed E-state index contributed by atoms with van der Waals surface area (Å²) in [7, 11) is 6.52. The van der Waals surface area contributed by atoms with Crippen LogP contribution in [0.15, 0.2) is 97.3 Å². The topological polar surface area (TPSA) is 69.2 Å². The van der Waals surface area contributed by atoms with E-state index in [4.69, 9.17) is 18.9 Å². The summed E-state index contributed by atoms with van der Waals surface area (Å²) in [6, 6.07) is 27.4. The molecule has 3 aromatic carbocycles. The number of anilines is 1. The zero-order chi connectivity index (χ0) is 33.5. The molecule has 0 atom stereocenters. The van der Waals surface area contributed by atoms with Crippen molar-refractivity contribution in [2.45, 2.75) is 32.0 Å². The van der Waals surface area contributed by atoms with Crippen LogP contribution in [0.4, 0.5) is 10.1 Å². The average molecular weight is 649 g/mol. The Labute approximate surface area is 281 Å². The molecule has 1 aliphatic heterocycles. The Balaban J connectivity index is 1.17. The summed E-state index contributed by atoms with van der Waals surface area (Å²) >= 11 is 0. The average Bonchev–Trinajstić information content (AvgIpc) is 3.14. The molecular formula is C39H41FN4O4. The molecule has 0 N–H and O–H groups in total. The molecule has 5 aromatic rings. The third-order valence-electron chi connectivity index (χ3n) is 8.89. The lowest BCUT2D eigenvalue weighted by molar-refractivity contribution is 0.201. The summed E-state index contributed by atoms with van der Waals surface area (Å²) in [4.78, 5) is 14.2. The number of rotatable bonds is 12. The van der Waals surface area contributed by atoms with Gasteiger partial charge in [-0.1, -0.05) is 12.1 Å². The molecule has 0 bridgehead atoms. The van der Waals surface area contributed by atoms with Crippen molar-refractivity contribution >= 4 is 5.69 Å². The van der Waals surface area contributed by atoms with Crippen LogP contribution in [0.1, 0.15) is 24.0 Å². The molecule has 9 heteroatoms. The fourth-order valence-electron chi connectivity index (χ4n) is 6.39. The van der Waals surface area contributed by atoms with Crippen LogP contribution in [-0.4, -0.2) is 62.4 Å². The Bertz CT molecular complexity index is 1800. The van der Waals surface area contributed by atoms with Gasteiger partial charge in [-0.15, -0.1) is 0 Å². The minimum atomic E-state index is -0.268. The largest absolute Gasteiger partial charge is 0.497 e. The number of benzene rings is 3. The van der Waals surface area contributed by atoms with Crippen LogP contribution in [0.3, 0.4) is 0 Å². The van der Waals surface area contributed by atoms with E-state index in [-0.39, 0.29) is 5.82 Å². The van der Waals surface area contributed by atoms with E-state index < -0.39 is 0 Å². The second-order valence-corrected chi connectivity index (χ2v) is 11.9. The van der Waals surface area contributed by atoms with Crippen molar-refractivity contribution in [1.82, 2.24) is 14.9 Å². The zero-order valence-corrected chi connectivity index (χ0v) is 27.9. The predicted molar refractivity (Wildman–Crippen MR) is 186 cm³/mol. The van der Waals surface area contributed by atoms with Gasteiger partial charge in [-0.2, -0.15) is 0 Å². The van der Waals surface area contributed by atoms with Crippen LogP contribution < -0.4 is 23.8 Å².